The van der Waals surface area contributed by atoms with Gasteiger partial charge in [-0.1, -0.05) is 35.9 Å². The standard InChI is InChI=1S/C15H17NO2/c1-11-3-6-13(7-4-11)14(17)9-12-5-8-15(18-2)16-10-12/h3-8,10,14,17H,9H2,1-2H3. The molecule has 1 unspecified atom stereocenters. The summed E-state index contributed by atoms with van der Waals surface area (Å²) in [6, 6.07) is 11.6. The van der Waals surface area contributed by atoms with E-state index in [0.29, 0.717) is 12.3 Å². The van der Waals surface area contributed by atoms with Gasteiger partial charge >= 0.3 is 0 Å². The Bertz CT molecular complexity index is 491. The predicted octanol–water partition coefficient (Wildman–Crippen LogP) is 2.67. The Morgan fingerprint density at radius 3 is 2.44 bits per heavy atom. The van der Waals surface area contributed by atoms with E-state index in [1.54, 1.807) is 19.4 Å². The summed E-state index contributed by atoms with van der Waals surface area (Å²) in [7, 11) is 1.59. The lowest BCUT2D eigenvalue weighted by molar-refractivity contribution is 0.178. The second-order valence-electron chi connectivity index (χ2n) is 4.34. The summed E-state index contributed by atoms with van der Waals surface area (Å²) in [5.74, 6) is 0.587. The van der Waals surface area contributed by atoms with Gasteiger partial charge in [-0.25, -0.2) is 4.98 Å². The van der Waals surface area contributed by atoms with E-state index in [4.69, 9.17) is 4.74 Å². The number of aryl methyl sites for hydroxylation is 1. The van der Waals surface area contributed by atoms with Crippen LogP contribution in [0.1, 0.15) is 22.8 Å². The normalized spacial score (nSPS) is 12.2. The van der Waals surface area contributed by atoms with Crippen molar-refractivity contribution in [3.05, 3.63) is 59.3 Å². The van der Waals surface area contributed by atoms with Crippen LogP contribution in [0.5, 0.6) is 5.88 Å². The molecule has 0 fully saturated rings. The van der Waals surface area contributed by atoms with Crippen LogP contribution < -0.4 is 4.74 Å². The van der Waals surface area contributed by atoms with E-state index in [1.165, 1.54) is 5.56 Å². The number of aromatic nitrogens is 1. The molecule has 0 spiro atoms. The van der Waals surface area contributed by atoms with Crippen LogP contribution in [0, 0.1) is 6.92 Å². The second-order valence-corrected chi connectivity index (χ2v) is 4.34. The summed E-state index contributed by atoms with van der Waals surface area (Å²) >= 11 is 0. The molecule has 3 heteroatoms. The van der Waals surface area contributed by atoms with Gasteiger partial charge < -0.3 is 9.84 Å². The number of rotatable bonds is 4. The summed E-state index contributed by atoms with van der Waals surface area (Å²) < 4.78 is 5.00. The number of hydrogen-bond acceptors (Lipinski definition) is 3. The van der Waals surface area contributed by atoms with Gasteiger partial charge in [0, 0.05) is 18.7 Å². The zero-order valence-corrected chi connectivity index (χ0v) is 10.6. The maximum atomic E-state index is 10.1. The molecule has 0 aliphatic heterocycles. The molecule has 0 bridgehead atoms. The third kappa shape index (κ3) is 3.08. The Balaban J connectivity index is 2.05. The van der Waals surface area contributed by atoms with E-state index < -0.39 is 6.10 Å². The smallest absolute Gasteiger partial charge is 0.212 e. The molecular weight excluding hydrogens is 226 g/mol. The molecule has 0 saturated heterocycles. The minimum Gasteiger partial charge on any atom is -0.481 e. The molecule has 0 amide bonds. The van der Waals surface area contributed by atoms with E-state index >= 15 is 0 Å². The molecule has 94 valence electrons. The highest BCUT2D eigenvalue weighted by Gasteiger charge is 2.08. The summed E-state index contributed by atoms with van der Waals surface area (Å²) in [6.45, 7) is 2.03. The molecule has 0 radical (unpaired) electrons. The monoisotopic (exact) mass is 243 g/mol. The maximum Gasteiger partial charge on any atom is 0.212 e. The van der Waals surface area contributed by atoms with Crippen LogP contribution in [0.2, 0.25) is 0 Å². The molecule has 18 heavy (non-hydrogen) atoms. The largest absolute Gasteiger partial charge is 0.481 e. The van der Waals surface area contributed by atoms with Gasteiger partial charge in [-0.2, -0.15) is 0 Å². The zero-order chi connectivity index (χ0) is 13.0. The first-order chi connectivity index (χ1) is 8.69. The van der Waals surface area contributed by atoms with Gasteiger partial charge in [0.2, 0.25) is 5.88 Å². The fourth-order valence-electron chi connectivity index (χ4n) is 1.78. The van der Waals surface area contributed by atoms with Gasteiger partial charge in [-0.15, -0.1) is 0 Å². The van der Waals surface area contributed by atoms with Crippen molar-refractivity contribution in [1.29, 1.82) is 0 Å². The van der Waals surface area contributed by atoms with Crippen molar-refractivity contribution in [3.8, 4) is 5.88 Å². The SMILES string of the molecule is COc1ccc(CC(O)c2ccc(C)cc2)cn1. The van der Waals surface area contributed by atoms with Crippen LogP contribution >= 0.6 is 0 Å². The third-order valence-electron chi connectivity index (χ3n) is 2.90. The first-order valence-corrected chi connectivity index (χ1v) is 5.92. The van der Waals surface area contributed by atoms with Crippen LogP contribution in [0.3, 0.4) is 0 Å². The predicted molar refractivity (Wildman–Crippen MR) is 70.6 cm³/mol. The summed E-state index contributed by atoms with van der Waals surface area (Å²) in [4.78, 5) is 4.12. The van der Waals surface area contributed by atoms with Gasteiger partial charge in [0.05, 0.1) is 13.2 Å². The fraction of sp³-hybridized carbons (Fsp3) is 0.267. The number of hydrogen-bond donors (Lipinski definition) is 1. The molecule has 1 heterocycles. The van der Waals surface area contributed by atoms with Crippen LogP contribution in [0.15, 0.2) is 42.6 Å². The van der Waals surface area contributed by atoms with E-state index in [9.17, 15) is 5.11 Å². The maximum absolute atomic E-state index is 10.1. The fourth-order valence-corrected chi connectivity index (χ4v) is 1.78. The van der Waals surface area contributed by atoms with E-state index in [2.05, 4.69) is 4.98 Å². The Kier molecular flexibility index (Phi) is 3.95. The van der Waals surface area contributed by atoms with Gasteiger partial charge in [0.15, 0.2) is 0 Å². The van der Waals surface area contributed by atoms with Crippen molar-refractivity contribution >= 4 is 0 Å². The molecule has 1 aromatic heterocycles. The number of pyridine rings is 1. The van der Waals surface area contributed by atoms with Gasteiger partial charge in [0.25, 0.3) is 0 Å². The average molecular weight is 243 g/mol. The topological polar surface area (TPSA) is 42.4 Å². The average Bonchev–Trinajstić information content (AvgIpc) is 2.40. The summed E-state index contributed by atoms with van der Waals surface area (Å²) in [5, 5.41) is 10.1. The number of benzene rings is 1. The van der Waals surface area contributed by atoms with Crippen molar-refractivity contribution in [2.45, 2.75) is 19.4 Å². The van der Waals surface area contributed by atoms with Crippen molar-refractivity contribution in [2.24, 2.45) is 0 Å². The van der Waals surface area contributed by atoms with Gasteiger partial charge in [0.1, 0.15) is 0 Å². The lowest BCUT2D eigenvalue weighted by Crippen LogP contribution is -2.02. The Morgan fingerprint density at radius 1 is 1.17 bits per heavy atom. The van der Waals surface area contributed by atoms with Gasteiger partial charge in [-0.3, -0.25) is 0 Å². The van der Waals surface area contributed by atoms with Crippen LogP contribution in [0.4, 0.5) is 0 Å². The summed E-state index contributed by atoms with van der Waals surface area (Å²) in [6.07, 6.45) is 1.79. The molecule has 1 N–H and O–H groups in total. The molecular formula is C15H17NO2. The second kappa shape index (κ2) is 5.65. The van der Waals surface area contributed by atoms with Crippen molar-refractivity contribution in [3.63, 3.8) is 0 Å². The van der Waals surface area contributed by atoms with Crippen molar-refractivity contribution < 1.29 is 9.84 Å². The number of nitrogens with zero attached hydrogens (tertiary/aromatic N) is 1. The van der Waals surface area contributed by atoms with Crippen molar-refractivity contribution in [2.75, 3.05) is 7.11 Å². The van der Waals surface area contributed by atoms with Crippen molar-refractivity contribution in [1.82, 2.24) is 4.98 Å². The Labute approximate surface area is 107 Å². The Hall–Kier alpha value is -1.87. The number of aliphatic hydroxyl groups excluding tert-OH is 1. The highest BCUT2D eigenvalue weighted by atomic mass is 16.5. The molecule has 2 aromatic rings. The Morgan fingerprint density at radius 2 is 1.89 bits per heavy atom. The zero-order valence-electron chi connectivity index (χ0n) is 10.6. The van der Waals surface area contributed by atoms with E-state index in [1.807, 2.05) is 37.3 Å². The number of ether oxygens (including phenoxy) is 1. The summed E-state index contributed by atoms with van der Waals surface area (Å²) in [5.41, 5.74) is 3.11. The lowest BCUT2D eigenvalue weighted by atomic mass is 10.0. The van der Waals surface area contributed by atoms with E-state index in [-0.39, 0.29) is 0 Å². The minimum atomic E-state index is -0.499. The number of aliphatic hydroxyl groups is 1. The van der Waals surface area contributed by atoms with Crippen LogP contribution in [-0.2, 0) is 6.42 Å². The number of methoxy groups -OCH3 is 1. The quantitative estimate of drug-likeness (QED) is 0.897. The highest BCUT2D eigenvalue weighted by molar-refractivity contribution is 5.25. The molecule has 0 saturated carbocycles. The van der Waals surface area contributed by atoms with Gasteiger partial charge in [-0.05, 0) is 18.1 Å². The molecule has 0 aliphatic carbocycles. The molecule has 1 aromatic carbocycles. The minimum absolute atomic E-state index is 0.499. The molecule has 3 nitrogen and oxygen atoms in total. The lowest BCUT2D eigenvalue weighted by Gasteiger charge is -2.11. The van der Waals surface area contributed by atoms with E-state index in [0.717, 1.165) is 11.1 Å². The van der Waals surface area contributed by atoms with Crippen LogP contribution in [0.25, 0.3) is 0 Å². The van der Waals surface area contributed by atoms with Crippen LogP contribution in [-0.4, -0.2) is 17.2 Å². The molecule has 1 atom stereocenters. The third-order valence-corrected chi connectivity index (χ3v) is 2.90. The highest BCUT2D eigenvalue weighted by Crippen LogP contribution is 2.19. The molecule has 2 rings (SSSR count). The first-order valence-electron chi connectivity index (χ1n) is 5.92. The first kappa shape index (κ1) is 12.6. The molecule has 0 aliphatic rings.